The van der Waals surface area contributed by atoms with Crippen molar-refractivity contribution in [3.05, 3.63) is 45.4 Å². The van der Waals surface area contributed by atoms with Crippen molar-refractivity contribution in [2.24, 2.45) is 5.92 Å². The minimum absolute atomic E-state index is 0.142. The molecule has 2 heterocycles. The van der Waals surface area contributed by atoms with Crippen molar-refractivity contribution in [1.29, 1.82) is 0 Å². The minimum atomic E-state index is -0.728. The van der Waals surface area contributed by atoms with E-state index in [0.717, 1.165) is 12.8 Å². The molecule has 1 saturated carbocycles. The van der Waals surface area contributed by atoms with Crippen LogP contribution in [0.15, 0.2) is 39.9 Å². The Balaban J connectivity index is 1.75. The van der Waals surface area contributed by atoms with Gasteiger partial charge in [0.25, 0.3) is 5.56 Å². The quantitative estimate of drug-likeness (QED) is 0.828. The van der Waals surface area contributed by atoms with Crippen LogP contribution in [-0.4, -0.2) is 31.9 Å². The molecule has 0 aromatic carbocycles. The number of pyridine rings is 1. The average molecular weight is 393 g/mol. The third-order valence-corrected chi connectivity index (χ3v) is 4.99. The van der Waals surface area contributed by atoms with Crippen molar-refractivity contribution >= 4 is 27.6 Å². The lowest BCUT2D eigenvalue weighted by Crippen LogP contribution is -2.31. The Hall–Kier alpha value is -2.22. The number of carboxylic acid groups (broad SMARTS) is 1. The standard InChI is InChI=1S/C16H17BrN4O3/c17-14-12(20-11-6-4-10(5-7-11)16(23)24)9-19-21(15(14)22)13-3-1-2-8-18-13/h1-3,8-11,20H,4-7H2,(H,23,24). The van der Waals surface area contributed by atoms with E-state index in [1.165, 1.54) is 4.68 Å². The van der Waals surface area contributed by atoms with Gasteiger partial charge in [0.15, 0.2) is 5.82 Å². The highest BCUT2D eigenvalue weighted by molar-refractivity contribution is 9.10. The highest BCUT2D eigenvalue weighted by atomic mass is 79.9. The fourth-order valence-electron chi connectivity index (χ4n) is 2.88. The van der Waals surface area contributed by atoms with E-state index in [1.54, 1.807) is 30.6 Å². The number of carbonyl (C=O) groups is 1. The molecule has 0 unspecified atom stereocenters. The Kier molecular flexibility index (Phi) is 4.94. The van der Waals surface area contributed by atoms with Crippen LogP contribution >= 0.6 is 15.9 Å². The van der Waals surface area contributed by atoms with Gasteiger partial charge in [-0.25, -0.2) is 4.98 Å². The first kappa shape index (κ1) is 16.6. The molecule has 1 aliphatic rings. The molecule has 24 heavy (non-hydrogen) atoms. The third-order valence-electron chi connectivity index (χ3n) is 4.22. The maximum Gasteiger partial charge on any atom is 0.306 e. The molecule has 0 amide bonds. The van der Waals surface area contributed by atoms with E-state index in [1.807, 2.05) is 0 Å². The van der Waals surface area contributed by atoms with Crippen LogP contribution in [-0.2, 0) is 4.79 Å². The second kappa shape index (κ2) is 7.12. The normalized spacial score (nSPS) is 20.5. The summed E-state index contributed by atoms with van der Waals surface area (Å²) in [7, 11) is 0. The number of aromatic nitrogens is 3. The Morgan fingerprint density at radius 3 is 2.67 bits per heavy atom. The van der Waals surface area contributed by atoms with Gasteiger partial charge in [0.05, 0.1) is 17.8 Å². The SMILES string of the molecule is O=C(O)C1CCC(Nc2cnn(-c3ccccn3)c(=O)c2Br)CC1. The summed E-state index contributed by atoms with van der Waals surface area (Å²) in [4.78, 5) is 27.6. The first-order chi connectivity index (χ1) is 11.6. The summed E-state index contributed by atoms with van der Waals surface area (Å²) >= 11 is 3.33. The van der Waals surface area contributed by atoms with E-state index in [4.69, 9.17) is 5.11 Å². The zero-order chi connectivity index (χ0) is 17.1. The van der Waals surface area contributed by atoms with Gasteiger partial charge in [-0.2, -0.15) is 9.78 Å². The summed E-state index contributed by atoms with van der Waals surface area (Å²) in [6.07, 6.45) is 5.99. The van der Waals surface area contributed by atoms with E-state index in [0.29, 0.717) is 28.8 Å². The Bertz CT molecular complexity index is 786. The van der Waals surface area contributed by atoms with E-state index in [-0.39, 0.29) is 17.5 Å². The molecule has 126 valence electrons. The molecular formula is C16H17BrN4O3. The topological polar surface area (TPSA) is 97.1 Å². The van der Waals surface area contributed by atoms with E-state index in [9.17, 15) is 9.59 Å². The second-order valence-corrected chi connectivity index (χ2v) is 6.60. The van der Waals surface area contributed by atoms with Gasteiger partial charge in [-0.1, -0.05) is 6.07 Å². The summed E-state index contributed by atoms with van der Waals surface area (Å²) in [6, 6.07) is 5.41. The van der Waals surface area contributed by atoms with E-state index < -0.39 is 5.97 Å². The zero-order valence-corrected chi connectivity index (χ0v) is 14.4. The van der Waals surface area contributed by atoms with Gasteiger partial charge in [0, 0.05) is 12.2 Å². The summed E-state index contributed by atoms with van der Waals surface area (Å²) in [5.74, 6) is -0.534. The number of nitrogens with zero attached hydrogens (tertiary/aromatic N) is 3. The maximum absolute atomic E-state index is 12.5. The number of halogens is 1. The van der Waals surface area contributed by atoms with Gasteiger partial charge in [-0.05, 0) is 53.7 Å². The monoisotopic (exact) mass is 392 g/mol. The predicted molar refractivity (Wildman–Crippen MR) is 92.3 cm³/mol. The zero-order valence-electron chi connectivity index (χ0n) is 12.9. The fraction of sp³-hybridized carbons (Fsp3) is 0.375. The molecule has 0 bridgehead atoms. The van der Waals surface area contributed by atoms with Crippen LogP contribution in [0.4, 0.5) is 5.69 Å². The average Bonchev–Trinajstić information content (AvgIpc) is 2.60. The van der Waals surface area contributed by atoms with Gasteiger partial charge >= 0.3 is 5.97 Å². The van der Waals surface area contributed by atoms with Crippen molar-refractivity contribution in [2.45, 2.75) is 31.7 Å². The van der Waals surface area contributed by atoms with Crippen LogP contribution in [0.1, 0.15) is 25.7 Å². The highest BCUT2D eigenvalue weighted by Gasteiger charge is 2.26. The highest BCUT2D eigenvalue weighted by Crippen LogP contribution is 2.28. The van der Waals surface area contributed by atoms with Crippen molar-refractivity contribution in [1.82, 2.24) is 14.8 Å². The van der Waals surface area contributed by atoms with Gasteiger partial charge in [-0.15, -0.1) is 0 Å². The van der Waals surface area contributed by atoms with Crippen LogP contribution in [0.2, 0.25) is 0 Å². The van der Waals surface area contributed by atoms with Gasteiger partial charge in [0.2, 0.25) is 0 Å². The lowest BCUT2D eigenvalue weighted by Gasteiger charge is -2.27. The molecule has 0 radical (unpaired) electrons. The van der Waals surface area contributed by atoms with E-state index >= 15 is 0 Å². The first-order valence-corrected chi connectivity index (χ1v) is 8.54. The molecule has 2 N–H and O–H groups in total. The number of rotatable bonds is 4. The number of carboxylic acids is 1. The smallest absolute Gasteiger partial charge is 0.306 e. The second-order valence-electron chi connectivity index (χ2n) is 5.81. The lowest BCUT2D eigenvalue weighted by atomic mass is 9.86. The summed E-state index contributed by atoms with van der Waals surface area (Å²) < 4.78 is 1.62. The van der Waals surface area contributed by atoms with Crippen LogP contribution < -0.4 is 10.9 Å². The van der Waals surface area contributed by atoms with Crippen molar-refractivity contribution in [3.8, 4) is 5.82 Å². The summed E-state index contributed by atoms with van der Waals surface area (Å²) in [6.45, 7) is 0. The van der Waals surface area contributed by atoms with Crippen molar-refractivity contribution in [3.63, 3.8) is 0 Å². The molecule has 3 rings (SSSR count). The fourth-order valence-corrected chi connectivity index (χ4v) is 3.27. The van der Waals surface area contributed by atoms with Crippen LogP contribution in [0.3, 0.4) is 0 Å². The molecule has 0 aliphatic heterocycles. The molecular weight excluding hydrogens is 376 g/mol. The number of anilines is 1. The molecule has 7 nitrogen and oxygen atoms in total. The van der Waals surface area contributed by atoms with Gasteiger partial charge < -0.3 is 10.4 Å². The molecule has 0 atom stereocenters. The summed E-state index contributed by atoms with van der Waals surface area (Å²) in [5, 5.41) is 16.5. The first-order valence-electron chi connectivity index (χ1n) is 7.75. The van der Waals surface area contributed by atoms with Crippen LogP contribution in [0, 0.1) is 5.92 Å². The number of aliphatic carboxylic acids is 1. The number of nitrogens with one attached hydrogen (secondary N) is 1. The van der Waals surface area contributed by atoms with Crippen molar-refractivity contribution < 1.29 is 9.90 Å². The largest absolute Gasteiger partial charge is 0.481 e. The number of hydrogen-bond donors (Lipinski definition) is 2. The molecule has 0 spiro atoms. The molecule has 1 fully saturated rings. The summed E-state index contributed by atoms with van der Waals surface area (Å²) in [5.41, 5.74) is 0.323. The molecule has 2 aromatic heterocycles. The van der Waals surface area contributed by atoms with Crippen molar-refractivity contribution in [2.75, 3.05) is 5.32 Å². The Morgan fingerprint density at radius 2 is 2.04 bits per heavy atom. The van der Waals surface area contributed by atoms with E-state index in [2.05, 4.69) is 31.3 Å². The van der Waals surface area contributed by atoms with Crippen LogP contribution in [0.5, 0.6) is 0 Å². The maximum atomic E-state index is 12.5. The predicted octanol–water partition coefficient (Wildman–Crippen LogP) is 2.45. The Labute approximate surface area is 146 Å². The molecule has 8 heteroatoms. The number of hydrogen-bond acceptors (Lipinski definition) is 5. The van der Waals surface area contributed by atoms with Gasteiger partial charge in [0.1, 0.15) is 4.47 Å². The minimum Gasteiger partial charge on any atom is -0.481 e. The van der Waals surface area contributed by atoms with Gasteiger partial charge in [-0.3, -0.25) is 9.59 Å². The molecule has 2 aromatic rings. The third kappa shape index (κ3) is 3.48. The molecule has 1 aliphatic carbocycles. The molecule has 0 saturated heterocycles. The lowest BCUT2D eigenvalue weighted by molar-refractivity contribution is -0.142. The van der Waals surface area contributed by atoms with Crippen LogP contribution in [0.25, 0.3) is 5.82 Å². The Morgan fingerprint density at radius 1 is 1.29 bits per heavy atom.